The van der Waals surface area contributed by atoms with Gasteiger partial charge in [-0.2, -0.15) is 5.43 Å². The van der Waals surface area contributed by atoms with Crippen LogP contribution >= 0.6 is 0 Å². The number of piperazine rings is 1. The number of allylic oxidation sites excluding steroid dienone is 1. The Bertz CT molecular complexity index is 3200. The van der Waals surface area contributed by atoms with Crippen molar-refractivity contribution in [3.05, 3.63) is 111 Å². The summed E-state index contributed by atoms with van der Waals surface area (Å²) in [7, 11) is 4.68. The molecule has 21 nitrogen and oxygen atoms in total. The number of aromatic hydroxyl groups is 1. The molecular weight excluding hydrogens is 1100 g/mol. The molecule has 10 rings (SSSR count). The molecule has 3 unspecified atom stereocenters. The Morgan fingerprint density at radius 3 is 2.44 bits per heavy atom. The average molecular weight is 1180 g/mol. The molecule has 0 radical (unpaired) electrons. The number of carbonyl (C=O) groups is 5. The third-order valence-electron chi connectivity index (χ3n) is 19.1. The van der Waals surface area contributed by atoms with Gasteiger partial charge in [-0.05, 0) is 104 Å². The van der Waals surface area contributed by atoms with Gasteiger partial charge in [0.05, 0.1) is 54.0 Å². The number of hydrogen-bond donors (Lipinski definition) is 3. The molecule has 5 amide bonds. The summed E-state index contributed by atoms with van der Waals surface area (Å²) in [5, 5.41) is 16.2. The molecule has 7 aliphatic rings. The maximum Gasteiger partial charge on any atom is 0.409 e. The van der Waals surface area contributed by atoms with Crippen LogP contribution in [0.5, 0.6) is 5.75 Å². The highest BCUT2D eigenvalue weighted by Crippen LogP contribution is 2.48. The zero-order valence-corrected chi connectivity index (χ0v) is 51.6. The number of fused-ring (bicyclic) bond motifs is 7. The van der Waals surface area contributed by atoms with Crippen molar-refractivity contribution in [1.29, 1.82) is 0 Å². The van der Waals surface area contributed by atoms with Gasteiger partial charge in [0.1, 0.15) is 17.8 Å². The first-order valence-corrected chi connectivity index (χ1v) is 30.7. The normalized spacial score (nSPS) is 26.7. The van der Waals surface area contributed by atoms with Gasteiger partial charge in [-0.3, -0.25) is 29.3 Å². The molecule has 11 atom stereocenters. The molecule has 4 fully saturated rings. The number of rotatable bonds is 13. The number of hydrogen-bond acceptors (Lipinski definition) is 14. The fourth-order valence-corrected chi connectivity index (χ4v) is 14.2. The van der Waals surface area contributed by atoms with E-state index in [9.17, 15) is 24.4 Å². The summed E-state index contributed by atoms with van der Waals surface area (Å²) in [5.41, 5.74) is 12.1. The second-order valence-corrected chi connectivity index (χ2v) is 25.3. The summed E-state index contributed by atoms with van der Waals surface area (Å²) < 4.78 is 19.0. The van der Waals surface area contributed by atoms with Gasteiger partial charge < -0.3 is 43.9 Å². The third kappa shape index (κ3) is 12.3. The Balaban J connectivity index is 1.03. The van der Waals surface area contributed by atoms with Gasteiger partial charge >= 0.3 is 18.4 Å². The van der Waals surface area contributed by atoms with E-state index in [1.54, 1.807) is 51.1 Å². The van der Waals surface area contributed by atoms with E-state index in [0.29, 0.717) is 68.9 Å². The molecule has 2 aromatic carbocycles. The monoisotopic (exact) mass is 1180 g/mol. The van der Waals surface area contributed by atoms with E-state index in [2.05, 4.69) is 60.6 Å². The molecule has 0 spiro atoms. The predicted molar refractivity (Wildman–Crippen MR) is 325 cm³/mol. The molecule has 86 heavy (non-hydrogen) atoms. The number of phenols is 1. The van der Waals surface area contributed by atoms with Gasteiger partial charge in [-0.15, -0.1) is 6.58 Å². The van der Waals surface area contributed by atoms with Gasteiger partial charge in [0, 0.05) is 114 Å². The van der Waals surface area contributed by atoms with Crippen LogP contribution in [-0.2, 0) is 59.2 Å². The Labute approximate surface area is 504 Å². The minimum Gasteiger partial charge on any atom is -0.508 e. The quantitative estimate of drug-likeness (QED) is 0.146. The lowest BCUT2D eigenvalue weighted by Crippen LogP contribution is -2.63. The fraction of sp³-hybridized carbons (Fsp3) is 0.569. The molecule has 2 aliphatic carbocycles. The highest BCUT2D eigenvalue weighted by Gasteiger charge is 2.59. The molecule has 3 N–H and O–H groups in total. The van der Waals surface area contributed by atoms with Crippen molar-refractivity contribution in [2.45, 2.75) is 123 Å². The van der Waals surface area contributed by atoms with Crippen molar-refractivity contribution in [3.63, 3.8) is 0 Å². The van der Waals surface area contributed by atoms with Crippen LogP contribution in [-0.4, -0.2) is 186 Å². The number of nitrogens with zero attached hydrogens (tertiary/aromatic N) is 8. The van der Waals surface area contributed by atoms with E-state index in [1.165, 1.54) is 21.9 Å². The third-order valence-corrected chi connectivity index (χ3v) is 19.1. The van der Waals surface area contributed by atoms with Gasteiger partial charge in [-0.25, -0.2) is 14.4 Å². The first kappa shape index (κ1) is 61.7. The summed E-state index contributed by atoms with van der Waals surface area (Å²) in [6.07, 6.45) is 6.17. The number of phenolic OH excluding ortho intramolecular Hbond substituents is 1. The van der Waals surface area contributed by atoms with Crippen molar-refractivity contribution in [3.8, 4) is 5.75 Å². The molecule has 6 heterocycles. The zero-order valence-electron chi connectivity index (χ0n) is 51.6. The highest BCUT2D eigenvalue weighted by atomic mass is 16.8. The average Bonchev–Trinajstić information content (AvgIpc) is 1.61. The van der Waals surface area contributed by atoms with E-state index < -0.39 is 53.4 Å². The van der Waals surface area contributed by atoms with Crippen LogP contribution in [0.2, 0.25) is 0 Å². The first-order chi connectivity index (χ1) is 41.2. The Morgan fingerprint density at radius 2 is 1.76 bits per heavy atom. The second kappa shape index (κ2) is 25.5. The van der Waals surface area contributed by atoms with Gasteiger partial charge in [0.25, 0.3) is 5.91 Å². The first-order valence-electron chi connectivity index (χ1n) is 30.7. The van der Waals surface area contributed by atoms with Crippen LogP contribution in [0.15, 0.2) is 71.9 Å². The van der Waals surface area contributed by atoms with Gasteiger partial charge in [0.2, 0.25) is 16.7 Å². The summed E-state index contributed by atoms with van der Waals surface area (Å²) in [6, 6.07) is 12.4. The number of carbonyl (C=O) groups excluding carboxylic acids is 5. The summed E-state index contributed by atoms with van der Waals surface area (Å²) >= 11 is 0. The Morgan fingerprint density at radius 1 is 1.01 bits per heavy atom. The summed E-state index contributed by atoms with van der Waals surface area (Å²) in [6.45, 7) is 22.0. The van der Waals surface area contributed by atoms with Crippen LogP contribution in [0, 0.1) is 39.9 Å². The molecular formula is C65H87N10O11+. The molecule has 1 aromatic heterocycles. The van der Waals surface area contributed by atoms with Gasteiger partial charge in [0.15, 0.2) is 6.61 Å². The minimum absolute atomic E-state index is 0.0106. The van der Waals surface area contributed by atoms with E-state index in [1.807, 2.05) is 49.5 Å². The molecule has 1 saturated carbocycles. The number of aromatic nitrogens is 1. The topological polar surface area (TPSA) is 220 Å². The van der Waals surface area contributed by atoms with E-state index in [0.717, 1.165) is 50.5 Å². The lowest BCUT2D eigenvalue weighted by Gasteiger charge is -2.42. The van der Waals surface area contributed by atoms with Gasteiger partial charge in [-0.1, -0.05) is 70.2 Å². The number of hydrazine groups is 1. The van der Waals surface area contributed by atoms with Crippen LogP contribution in [0.1, 0.15) is 106 Å². The second-order valence-electron chi connectivity index (χ2n) is 25.3. The summed E-state index contributed by atoms with van der Waals surface area (Å²) in [5.74, 6) is -3.36. The van der Waals surface area contributed by atoms with E-state index in [-0.39, 0.29) is 92.8 Å². The molecule has 21 heteroatoms. The SMILES string of the molecule is C=C[C@@H](C)[C@@H](C(=O)N[C@H]1Cc2cc(O)cc(c2)C2=Cc3c(c(C4=C([C@H](C)OC)N=CC(N5CCN(C(=O)OC)CC5)C4C)n(CC)c3CC2)CC(C)(C)CO[N+](=O)[C@H]2NN(CC3C[C@@H]32)C1=O)N(C)C(=O)[C@@H]1CN(C(=O)OCC)C[C@@H]1c1ccccc1. The highest BCUT2D eigenvalue weighted by molar-refractivity contribution is 5.94. The van der Waals surface area contributed by atoms with E-state index >= 15 is 9.59 Å². The van der Waals surface area contributed by atoms with E-state index in [4.69, 9.17) is 24.0 Å². The zero-order chi connectivity index (χ0) is 61.5. The lowest BCUT2D eigenvalue weighted by molar-refractivity contribution is -0.837. The molecule has 3 saturated heterocycles. The van der Waals surface area contributed by atoms with Crippen LogP contribution in [0.25, 0.3) is 17.2 Å². The number of methoxy groups -OCH3 is 2. The Kier molecular flexibility index (Phi) is 18.3. The maximum absolute atomic E-state index is 15.3. The molecule has 5 aliphatic heterocycles. The number of benzene rings is 2. The minimum atomic E-state index is -1.25. The number of nitrogens with one attached hydrogen (secondary N) is 2. The number of likely N-dealkylation sites (N-methyl/N-ethyl adjacent to an activating group) is 1. The molecule has 6 bridgehead atoms. The lowest BCUT2D eigenvalue weighted by atomic mass is 9.79. The number of aliphatic imine (C=N–C) groups is 1. The maximum atomic E-state index is 15.3. The van der Waals surface area contributed by atoms with Crippen molar-refractivity contribution < 1.29 is 53.1 Å². The van der Waals surface area contributed by atoms with Crippen LogP contribution in [0.3, 0.4) is 0 Å². The Hall–Kier alpha value is -7.36. The fourth-order valence-electron chi connectivity index (χ4n) is 14.2. The van der Waals surface area contributed by atoms with Crippen molar-refractivity contribution in [2.75, 3.05) is 80.3 Å². The number of ether oxygens (including phenoxy) is 3. The smallest absolute Gasteiger partial charge is 0.409 e. The number of amides is 5. The summed E-state index contributed by atoms with van der Waals surface area (Å²) in [4.78, 5) is 105. The standard InChI is InChI=1S/C65H86N10O11/c1-12-38(4)57(69(9)61(78)51-36-72(64(81)85-14-3)35-50(51)42-18-16-15-17-19-42)60(77)67-52-28-41-26-44(29-46(76)27-41)43-20-21-53-48(30-43)49(32-65(7,8)37-86-75(82)59-47-31-45(47)34-74(68-59)62(52)79)58(73(53)13-2)55-39(5)54(33-66-56(55)40(6)83-10)70-22-24-71(25-23-70)63(80)84-11/h12,15-19,26-27,29-30,33,38-40,45,47,50-52,54,57,59,68H,1,13-14,20-25,28,31-32,34-37H2,2-11H3,(H-,67,76,77)/p+1/t38-,39?,40+,45?,47+,50-,51-,52+,54?,57+,59-/m1/s1. The molecule has 3 aromatic rings. The molecule has 462 valence electrons. The predicted octanol–water partition coefficient (Wildman–Crippen LogP) is 7.07. The number of likely N-dealkylation sites (tertiary alicyclic amines) is 1. The van der Waals surface area contributed by atoms with Crippen LogP contribution < -0.4 is 10.7 Å². The van der Waals surface area contributed by atoms with Crippen LogP contribution in [0.4, 0.5) is 9.59 Å². The largest absolute Gasteiger partial charge is 0.508 e. The van der Waals surface area contributed by atoms with Crippen molar-refractivity contribution in [2.24, 2.45) is 40.0 Å². The van der Waals surface area contributed by atoms with Crippen molar-refractivity contribution >= 4 is 53.3 Å². The van der Waals surface area contributed by atoms with Crippen molar-refractivity contribution in [1.82, 2.24) is 39.9 Å².